The number of nitrogens with zero attached hydrogens (tertiary/aromatic N) is 2. The first kappa shape index (κ1) is 23.9. The third kappa shape index (κ3) is 5.64. The van der Waals surface area contributed by atoms with E-state index in [1.54, 1.807) is 43.3 Å². The molecule has 0 spiro atoms. The van der Waals surface area contributed by atoms with Gasteiger partial charge in [0.2, 0.25) is 0 Å². The van der Waals surface area contributed by atoms with Gasteiger partial charge in [-0.1, -0.05) is 36.4 Å². The van der Waals surface area contributed by atoms with E-state index in [0.717, 1.165) is 38.4 Å². The molecule has 3 aromatic carbocycles. The standard InChI is InChI=1S/C26H29N3O4S/c1-2-29(24-11-4-3-5-12-24)34(31,32)25-13-7-9-22(19-25)26(30)27-23-10-6-8-21(18-23)20-28-14-16-33-17-15-28/h3-13,18-19H,2,14-17,20H2,1H3,(H,27,30). The Morgan fingerprint density at radius 3 is 2.44 bits per heavy atom. The van der Waals surface area contributed by atoms with Crippen LogP contribution in [0.25, 0.3) is 0 Å². The molecule has 1 saturated heterocycles. The van der Waals surface area contributed by atoms with Crippen molar-refractivity contribution in [2.45, 2.75) is 18.4 Å². The molecule has 0 unspecified atom stereocenters. The van der Waals surface area contributed by atoms with E-state index in [0.29, 0.717) is 11.4 Å². The Morgan fingerprint density at radius 2 is 1.71 bits per heavy atom. The second-order valence-corrected chi connectivity index (χ2v) is 9.94. The first-order valence-electron chi connectivity index (χ1n) is 11.4. The van der Waals surface area contributed by atoms with Gasteiger partial charge in [0.1, 0.15) is 0 Å². The number of hydrogen-bond acceptors (Lipinski definition) is 5. The van der Waals surface area contributed by atoms with Crippen molar-refractivity contribution in [3.8, 4) is 0 Å². The monoisotopic (exact) mass is 479 g/mol. The number of ether oxygens (including phenoxy) is 1. The molecule has 1 aliphatic heterocycles. The fourth-order valence-corrected chi connectivity index (χ4v) is 5.50. The number of anilines is 2. The SMILES string of the molecule is CCN(c1ccccc1)S(=O)(=O)c1cccc(C(=O)Nc2cccc(CN3CCOCC3)c2)c1. The third-order valence-electron chi connectivity index (χ3n) is 5.71. The van der Waals surface area contributed by atoms with Crippen molar-refractivity contribution in [3.63, 3.8) is 0 Å². The molecule has 8 heteroatoms. The van der Waals surface area contributed by atoms with Crippen molar-refractivity contribution in [2.24, 2.45) is 0 Å². The van der Waals surface area contributed by atoms with Crippen molar-refractivity contribution >= 4 is 27.3 Å². The number of para-hydroxylation sites is 1. The molecule has 1 aliphatic rings. The number of nitrogens with one attached hydrogen (secondary N) is 1. The second kappa shape index (κ2) is 10.8. The zero-order valence-corrected chi connectivity index (χ0v) is 20.0. The zero-order valence-electron chi connectivity index (χ0n) is 19.2. The summed E-state index contributed by atoms with van der Waals surface area (Å²) in [6.07, 6.45) is 0. The summed E-state index contributed by atoms with van der Waals surface area (Å²) >= 11 is 0. The van der Waals surface area contributed by atoms with Gasteiger partial charge in [-0.15, -0.1) is 0 Å². The highest BCUT2D eigenvalue weighted by Crippen LogP contribution is 2.24. The molecule has 7 nitrogen and oxygen atoms in total. The molecule has 1 fully saturated rings. The Labute approximate surface area is 201 Å². The summed E-state index contributed by atoms with van der Waals surface area (Å²) < 4.78 is 33.4. The molecule has 1 heterocycles. The summed E-state index contributed by atoms with van der Waals surface area (Å²) in [6, 6.07) is 22.8. The van der Waals surface area contributed by atoms with Crippen LogP contribution in [0, 0.1) is 0 Å². The molecule has 1 amide bonds. The number of carbonyl (C=O) groups is 1. The minimum atomic E-state index is -3.82. The summed E-state index contributed by atoms with van der Waals surface area (Å²) in [6.45, 7) is 6.08. The van der Waals surface area contributed by atoms with Gasteiger partial charge < -0.3 is 10.1 Å². The zero-order chi connectivity index (χ0) is 24.0. The van der Waals surface area contributed by atoms with Crippen molar-refractivity contribution in [1.82, 2.24) is 4.90 Å². The Balaban J connectivity index is 1.50. The Kier molecular flexibility index (Phi) is 7.62. The van der Waals surface area contributed by atoms with Gasteiger partial charge in [0.05, 0.1) is 23.8 Å². The van der Waals surface area contributed by atoms with Gasteiger partial charge in [-0.2, -0.15) is 0 Å². The number of sulfonamides is 1. The second-order valence-electron chi connectivity index (χ2n) is 8.08. The lowest BCUT2D eigenvalue weighted by Gasteiger charge is -2.26. The number of carbonyl (C=O) groups excluding carboxylic acids is 1. The molecule has 0 aromatic heterocycles. The van der Waals surface area contributed by atoms with E-state index in [2.05, 4.69) is 10.2 Å². The lowest BCUT2D eigenvalue weighted by Crippen LogP contribution is -2.35. The summed E-state index contributed by atoms with van der Waals surface area (Å²) in [5.74, 6) is -0.358. The van der Waals surface area contributed by atoms with Crippen LogP contribution in [0.1, 0.15) is 22.8 Å². The molecule has 1 N–H and O–H groups in total. The van der Waals surface area contributed by atoms with E-state index in [4.69, 9.17) is 4.74 Å². The molecular weight excluding hydrogens is 450 g/mol. The van der Waals surface area contributed by atoms with Crippen LogP contribution in [0.15, 0.2) is 83.8 Å². The predicted molar refractivity (Wildman–Crippen MR) is 134 cm³/mol. The van der Waals surface area contributed by atoms with Crippen LogP contribution in [0.4, 0.5) is 11.4 Å². The van der Waals surface area contributed by atoms with Gasteiger partial charge in [0.25, 0.3) is 15.9 Å². The fraction of sp³-hybridized carbons (Fsp3) is 0.269. The molecule has 0 aliphatic carbocycles. The van der Waals surface area contributed by atoms with Crippen LogP contribution in [0.3, 0.4) is 0 Å². The van der Waals surface area contributed by atoms with Crippen LogP contribution in [-0.2, 0) is 21.3 Å². The Bertz CT molecular complexity index is 1230. The molecule has 0 radical (unpaired) electrons. The lowest BCUT2D eigenvalue weighted by molar-refractivity contribution is 0.0342. The van der Waals surface area contributed by atoms with Crippen molar-refractivity contribution in [2.75, 3.05) is 42.5 Å². The summed E-state index contributed by atoms with van der Waals surface area (Å²) in [4.78, 5) is 15.3. The average Bonchev–Trinajstić information content (AvgIpc) is 2.86. The van der Waals surface area contributed by atoms with Crippen LogP contribution < -0.4 is 9.62 Å². The smallest absolute Gasteiger partial charge is 0.264 e. The van der Waals surface area contributed by atoms with Gasteiger partial charge in [-0.25, -0.2) is 8.42 Å². The van der Waals surface area contributed by atoms with E-state index >= 15 is 0 Å². The predicted octanol–water partition coefficient (Wildman–Crippen LogP) is 3.99. The first-order chi connectivity index (χ1) is 16.5. The molecule has 4 rings (SSSR count). The molecule has 0 bridgehead atoms. The maximum Gasteiger partial charge on any atom is 0.264 e. The average molecular weight is 480 g/mol. The van der Waals surface area contributed by atoms with E-state index in [1.165, 1.54) is 16.4 Å². The van der Waals surface area contributed by atoms with Crippen molar-refractivity contribution in [3.05, 3.63) is 90.0 Å². The van der Waals surface area contributed by atoms with E-state index in [-0.39, 0.29) is 22.9 Å². The van der Waals surface area contributed by atoms with E-state index in [1.807, 2.05) is 30.3 Å². The summed E-state index contributed by atoms with van der Waals surface area (Å²) in [5, 5.41) is 2.90. The number of hydrogen-bond donors (Lipinski definition) is 1. The normalized spacial score (nSPS) is 14.5. The van der Waals surface area contributed by atoms with Crippen LogP contribution in [0.5, 0.6) is 0 Å². The van der Waals surface area contributed by atoms with Gasteiger partial charge in [-0.3, -0.25) is 14.0 Å². The van der Waals surface area contributed by atoms with Gasteiger partial charge in [-0.05, 0) is 55.0 Å². The number of rotatable bonds is 8. The van der Waals surface area contributed by atoms with Crippen molar-refractivity contribution in [1.29, 1.82) is 0 Å². The van der Waals surface area contributed by atoms with Gasteiger partial charge >= 0.3 is 0 Å². The number of morpholine rings is 1. The first-order valence-corrected chi connectivity index (χ1v) is 12.8. The molecule has 178 valence electrons. The number of benzene rings is 3. The Morgan fingerprint density at radius 1 is 0.971 bits per heavy atom. The van der Waals surface area contributed by atoms with E-state index in [9.17, 15) is 13.2 Å². The quantitative estimate of drug-likeness (QED) is 0.529. The maximum atomic E-state index is 13.3. The highest BCUT2D eigenvalue weighted by molar-refractivity contribution is 7.92. The minimum absolute atomic E-state index is 0.0759. The summed E-state index contributed by atoms with van der Waals surface area (Å²) in [7, 11) is -3.82. The van der Waals surface area contributed by atoms with Gasteiger partial charge in [0, 0.05) is 37.4 Å². The van der Waals surface area contributed by atoms with Crippen LogP contribution in [0.2, 0.25) is 0 Å². The largest absolute Gasteiger partial charge is 0.379 e. The lowest BCUT2D eigenvalue weighted by atomic mass is 10.1. The van der Waals surface area contributed by atoms with E-state index < -0.39 is 10.0 Å². The molecular formula is C26H29N3O4S. The minimum Gasteiger partial charge on any atom is -0.379 e. The molecule has 0 atom stereocenters. The molecule has 34 heavy (non-hydrogen) atoms. The third-order valence-corrected chi connectivity index (χ3v) is 7.61. The number of amides is 1. The highest BCUT2D eigenvalue weighted by atomic mass is 32.2. The summed E-state index contributed by atoms with van der Waals surface area (Å²) in [5.41, 5.74) is 2.63. The molecule has 3 aromatic rings. The van der Waals surface area contributed by atoms with Crippen LogP contribution >= 0.6 is 0 Å². The van der Waals surface area contributed by atoms with Crippen molar-refractivity contribution < 1.29 is 17.9 Å². The highest BCUT2D eigenvalue weighted by Gasteiger charge is 2.24. The topological polar surface area (TPSA) is 79.0 Å². The maximum absolute atomic E-state index is 13.3. The van der Waals surface area contributed by atoms with Gasteiger partial charge in [0.15, 0.2) is 0 Å². The fourth-order valence-electron chi connectivity index (χ4n) is 3.98. The molecule has 0 saturated carbocycles. The van der Waals surface area contributed by atoms with Crippen LogP contribution in [-0.4, -0.2) is 52.1 Å². The Hall–Kier alpha value is -3.20.